The summed E-state index contributed by atoms with van der Waals surface area (Å²) in [5.41, 5.74) is 0. The maximum absolute atomic E-state index is 10.9. The number of hydrogen-bond donors (Lipinski definition) is 0. The minimum Gasteiger partial charge on any atom is -0.434 e. The van der Waals surface area contributed by atoms with Gasteiger partial charge in [0.2, 0.25) is 6.29 Å². The first-order chi connectivity index (χ1) is 6.70. The van der Waals surface area contributed by atoms with Gasteiger partial charge in [0.25, 0.3) is 0 Å². The van der Waals surface area contributed by atoms with Crippen LogP contribution in [0, 0.1) is 0 Å². The van der Waals surface area contributed by atoms with E-state index in [0.29, 0.717) is 6.61 Å². The van der Waals surface area contributed by atoms with Crippen LogP contribution in [0.3, 0.4) is 0 Å². The van der Waals surface area contributed by atoms with E-state index >= 15 is 0 Å². The molecule has 0 aliphatic carbocycles. The Morgan fingerprint density at radius 1 is 1.29 bits per heavy atom. The summed E-state index contributed by atoms with van der Waals surface area (Å²) in [6, 6.07) is 0. The highest BCUT2D eigenvalue weighted by Gasteiger charge is 2.08. The Hall–Kier alpha value is -0.770. The molecule has 4 nitrogen and oxygen atoms in total. The van der Waals surface area contributed by atoms with Crippen molar-refractivity contribution in [3.63, 3.8) is 0 Å². The standard InChI is InChI=1S/C10H20O4/c1-4-5-6-7-8-13-10(11)14-9(2)12-3/h9H,4-8H2,1-3H3. The number of unbranched alkanes of at least 4 members (excludes halogenated alkanes) is 3. The Morgan fingerprint density at radius 3 is 2.57 bits per heavy atom. The lowest BCUT2D eigenvalue weighted by Gasteiger charge is -2.10. The molecule has 0 aromatic heterocycles. The molecule has 0 radical (unpaired) electrons. The molecule has 0 saturated carbocycles. The van der Waals surface area contributed by atoms with Gasteiger partial charge in [0.05, 0.1) is 6.61 Å². The number of methoxy groups -OCH3 is 1. The maximum atomic E-state index is 10.9. The molecule has 1 atom stereocenters. The van der Waals surface area contributed by atoms with E-state index in [0.717, 1.165) is 12.8 Å². The zero-order valence-electron chi connectivity index (χ0n) is 9.25. The molecule has 0 spiro atoms. The highest BCUT2D eigenvalue weighted by molar-refractivity contribution is 5.59. The van der Waals surface area contributed by atoms with Gasteiger partial charge in [-0.15, -0.1) is 0 Å². The highest BCUT2D eigenvalue weighted by atomic mass is 16.8. The van der Waals surface area contributed by atoms with Gasteiger partial charge in [-0.05, 0) is 13.3 Å². The number of rotatable bonds is 7. The van der Waals surface area contributed by atoms with Crippen molar-refractivity contribution in [2.45, 2.75) is 45.8 Å². The molecule has 4 heteroatoms. The predicted molar refractivity (Wildman–Crippen MR) is 53.0 cm³/mol. The van der Waals surface area contributed by atoms with Crippen LogP contribution < -0.4 is 0 Å². The summed E-state index contributed by atoms with van der Waals surface area (Å²) in [6.07, 6.45) is 3.13. The molecule has 0 aromatic rings. The summed E-state index contributed by atoms with van der Waals surface area (Å²) >= 11 is 0. The van der Waals surface area contributed by atoms with E-state index in [2.05, 4.69) is 6.92 Å². The van der Waals surface area contributed by atoms with Crippen molar-refractivity contribution in [2.24, 2.45) is 0 Å². The van der Waals surface area contributed by atoms with Crippen molar-refractivity contribution >= 4 is 6.16 Å². The van der Waals surface area contributed by atoms with Crippen molar-refractivity contribution < 1.29 is 19.0 Å². The van der Waals surface area contributed by atoms with Gasteiger partial charge in [-0.25, -0.2) is 4.79 Å². The van der Waals surface area contributed by atoms with Crippen LogP contribution in [0.25, 0.3) is 0 Å². The second-order valence-electron chi connectivity index (χ2n) is 3.08. The lowest BCUT2D eigenvalue weighted by Crippen LogP contribution is -2.17. The number of carbonyl (C=O) groups excluding carboxylic acids is 1. The molecule has 0 aliphatic rings. The van der Waals surface area contributed by atoms with E-state index in [1.165, 1.54) is 20.0 Å². The number of hydrogen-bond acceptors (Lipinski definition) is 4. The maximum Gasteiger partial charge on any atom is 0.510 e. The first-order valence-electron chi connectivity index (χ1n) is 5.07. The molecule has 0 rings (SSSR count). The van der Waals surface area contributed by atoms with Gasteiger partial charge in [0, 0.05) is 7.11 Å². The smallest absolute Gasteiger partial charge is 0.434 e. The molecule has 14 heavy (non-hydrogen) atoms. The first-order valence-corrected chi connectivity index (χ1v) is 5.07. The molecule has 0 aliphatic heterocycles. The Bertz CT molecular complexity index is 147. The van der Waals surface area contributed by atoms with Gasteiger partial charge in [0.15, 0.2) is 0 Å². The number of carbonyl (C=O) groups is 1. The van der Waals surface area contributed by atoms with Gasteiger partial charge in [-0.1, -0.05) is 26.2 Å². The fraction of sp³-hybridized carbons (Fsp3) is 0.900. The molecule has 0 aromatic carbocycles. The van der Waals surface area contributed by atoms with Crippen LogP contribution in [-0.2, 0) is 14.2 Å². The van der Waals surface area contributed by atoms with Crippen molar-refractivity contribution in [1.82, 2.24) is 0 Å². The van der Waals surface area contributed by atoms with Crippen LogP contribution in [0.5, 0.6) is 0 Å². The minimum absolute atomic E-state index is 0.426. The van der Waals surface area contributed by atoms with Crippen molar-refractivity contribution in [2.75, 3.05) is 13.7 Å². The molecule has 84 valence electrons. The summed E-state index contributed by atoms with van der Waals surface area (Å²) in [5.74, 6) is 0. The van der Waals surface area contributed by atoms with E-state index in [4.69, 9.17) is 14.2 Å². The molecule has 1 unspecified atom stereocenters. The van der Waals surface area contributed by atoms with Gasteiger partial charge >= 0.3 is 6.16 Å². The van der Waals surface area contributed by atoms with Gasteiger partial charge in [-0.3, -0.25) is 0 Å². The van der Waals surface area contributed by atoms with E-state index in [-0.39, 0.29) is 0 Å². The topological polar surface area (TPSA) is 44.8 Å². The van der Waals surface area contributed by atoms with Crippen molar-refractivity contribution in [1.29, 1.82) is 0 Å². The summed E-state index contributed by atoms with van der Waals surface area (Å²) in [7, 11) is 1.47. The molecular formula is C10H20O4. The zero-order chi connectivity index (χ0) is 10.8. The largest absolute Gasteiger partial charge is 0.510 e. The molecule has 0 amide bonds. The summed E-state index contributed by atoms with van der Waals surface area (Å²) in [4.78, 5) is 10.9. The Labute approximate surface area is 85.5 Å². The molecule has 0 bridgehead atoms. The van der Waals surface area contributed by atoms with Crippen LogP contribution in [0.2, 0.25) is 0 Å². The third kappa shape index (κ3) is 7.86. The van der Waals surface area contributed by atoms with Crippen LogP contribution >= 0.6 is 0 Å². The fourth-order valence-electron chi connectivity index (χ4n) is 0.902. The van der Waals surface area contributed by atoms with E-state index in [1.54, 1.807) is 6.92 Å². The lowest BCUT2D eigenvalue weighted by atomic mass is 10.2. The van der Waals surface area contributed by atoms with E-state index in [9.17, 15) is 4.79 Å². The van der Waals surface area contributed by atoms with Gasteiger partial charge < -0.3 is 14.2 Å². The molecule has 0 saturated heterocycles. The molecular weight excluding hydrogens is 184 g/mol. The van der Waals surface area contributed by atoms with E-state index < -0.39 is 12.4 Å². The summed E-state index contributed by atoms with van der Waals surface area (Å²) in [6.45, 7) is 4.20. The van der Waals surface area contributed by atoms with Crippen LogP contribution in [0.1, 0.15) is 39.5 Å². The highest BCUT2D eigenvalue weighted by Crippen LogP contribution is 2.00. The average molecular weight is 204 g/mol. The van der Waals surface area contributed by atoms with Gasteiger partial charge in [0.1, 0.15) is 0 Å². The summed E-state index contributed by atoms with van der Waals surface area (Å²) in [5, 5.41) is 0. The monoisotopic (exact) mass is 204 g/mol. The molecule has 0 heterocycles. The minimum atomic E-state index is -0.657. The molecule has 0 fully saturated rings. The molecule has 0 N–H and O–H groups in total. The zero-order valence-corrected chi connectivity index (χ0v) is 9.25. The summed E-state index contributed by atoms with van der Waals surface area (Å²) < 4.78 is 14.3. The average Bonchev–Trinajstić information content (AvgIpc) is 2.17. The van der Waals surface area contributed by atoms with Crippen molar-refractivity contribution in [3.05, 3.63) is 0 Å². The van der Waals surface area contributed by atoms with E-state index in [1.807, 2.05) is 0 Å². The fourth-order valence-corrected chi connectivity index (χ4v) is 0.902. The Morgan fingerprint density at radius 2 is 2.00 bits per heavy atom. The predicted octanol–water partition coefficient (Wildman–Crippen LogP) is 2.71. The third-order valence-corrected chi connectivity index (χ3v) is 1.81. The normalized spacial score (nSPS) is 12.2. The van der Waals surface area contributed by atoms with Crippen molar-refractivity contribution in [3.8, 4) is 0 Å². The second kappa shape index (κ2) is 8.81. The Balaban J connectivity index is 3.27. The quantitative estimate of drug-likeness (QED) is 0.363. The SMILES string of the molecule is CCCCCCOC(=O)OC(C)OC. The second-order valence-corrected chi connectivity index (χ2v) is 3.08. The van der Waals surface area contributed by atoms with Crippen LogP contribution in [-0.4, -0.2) is 26.2 Å². The third-order valence-electron chi connectivity index (χ3n) is 1.81. The van der Waals surface area contributed by atoms with Crippen LogP contribution in [0.4, 0.5) is 4.79 Å². The Kier molecular flexibility index (Phi) is 8.33. The first kappa shape index (κ1) is 13.2. The number of ether oxygens (including phenoxy) is 3. The van der Waals surface area contributed by atoms with Gasteiger partial charge in [-0.2, -0.15) is 0 Å². The lowest BCUT2D eigenvalue weighted by molar-refractivity contribution is -0.0916. The van der Waals surface area contributed by atoms with Crippen LogP contribution in [0.15, 0.2) is 0 Å².